The third-order valence-electron chi connectivity index (χ3n) is 3.41. The standard InChI is InChI=1S/C17H18N2O3/c1-11-6-4-8-15(12(11)2)19-16(20)13(3)22-17(21)14-7-5-9-18-10-14/h4-10,13H,1-3H3,(H,19,20). The van der Waals surface area contributed by atoms with Crippen LogP contribution >= 0.6 is 0 Å². The van der Waals surface area contributed by atoms with Gasteiger partial charge in [-0.3, -0.25) is 9.78 Å². The molecular weight excluding hydrogens is 280 g/mol. The lowest BCUT2D eigenvalue weighted by molar-refractivity contribution is -0.123. The number of ether oxygens (including phenoxy) is 1. The molecule has 114 valence electrons. The van der Waals surface area contributed by atoms with E-state index in [0.717, 1.165) is 11.1 Å². The van der Waals surface area contributed by atoms with Crippen molar-refractivity contribution in [3.05, 3.63) is 59.4 Å². The summed E-state index contributed by atoms with van der Waals surface area (Å²) < 4.78 is 5.15. The predicted octanol–water partition coefficient (Wildman–Crippen LogP) is 2.88. The van der Waals surface area contributed by atoms with Crippen LogP contribution in [0.15, 0.2) is 42.7 Å². The van der Waals surface area contributed by atoms with E-state index in [1.54, 1.807) is 18.3 Å². The fraction of sp³-hybridized carbons (Fsp3) is 0.235. The summed E-state index contributed by atoms with van der Waals surface area (Å²) in [6.07, 6.45) is 2.07. The van der Waals surface area contributed by atoms with Gasteiger partial charge in [-0.2, -0.15) is 0 Å². The van der Waals surface area contributed by atoms with Gasteiger partial charge in [0.15, 0.2) is 6.10 Å². The number of aryl methyl sites for hydroxylation is 1. The van der Waals surface area contributed by atoms with Crippen LogP contribution in [0.4, 0.5) is 5.69 Å². The first-order valence-electron chi connectivity index (χ1n) is 6.97. The van der Waals surface area contributed by atoms with E-state index in [-0.39, 0.29) is 5.91 Å². The van der Waals surface area contributed by atoms with Crippen molar-refractivity contribution < 1.29 is 14.3 Å². The number of aromatic nitrogens is 1. The van der Waals surface area contributed by atoms with Crippen LogP contribution in [0.2, 0.25) is 0 Å². The van der Waals surface area contributed by atoms with Crippen molar-refractivity contribution in [3.63, 3.8) is 0 Å². The first-order chi connectivity index (χ1) is 10.5. The van der Waals surface area contributed by atoms with Crippen LogP contribution in [0.1, 0.15) is 28.4 Å². The molecule has 1 amide bonds. The summed E-state index contributed by atoms with van der Waals surface area (Å²) in [7, 11) is 0. The topological polar surface area (TPSA) is 68.3 Å². The van der Waals surface area contributed by atoms with E-state index in [4.69, 9.17) is 4.74 Å². The molecule has 1 aromatic heterocycles. The molecule has 2 aromatic rings. The molecule has 1 N–H and O–H groups in total. The van der Waals surface area contributed by atoms with Crippen LogP contribution in [0.5, 0.6) is 0 Å². The Labute approximate surface area is 129 Å². The lowest BCUT2D eigenvalue weighted by Crippen LogP contribution is -2.30. The molecule has 0 aliphatic carbocycles. The maximum absolute atomic E-state index is 12.1. The van der Waals surface area contributed by atoms with Gasteiger partial charge in [0.25, 0.3) is 5.91 Å². The van der Waals surface area contributed by atoms with Crippen LogP contribution in [-0.2, 0) is 9.53 Å². The van der Waals surface area contributed by atoms with Gasteiger partial charge in [-0.25, -0.2) is 4.79 Å². The van der Waals surface area contributed by atoms with E-state index in [9.17, 15) is 9.59 Å². The molecule has 1 heterocycles. The minimum atomic E-state index is -0.896. The van der Waals surface area contributed by atoms with Crippen LogP contribution in [0.3, 0.4) is 0 Å². The monoisotopic (exact) mass is 298 g/mol. The third kappa shape index (κ3) is 3.69. The van der Waals surface area contributed by atoms with Gasteiger partial charge in [-0.05, 0) is 50.1 Å². The summed E-state index contributed by atoms with van der Waals surface area (Å²) in [5, 5.41) is 2.78. The van der Waals surface area contributed by atoms with Crippen molar-refractivity contribution in [2.45, 2.75) is 26.9 Å². The second-order valence-corrected chi connectivity index (χ2v) is 5.03. The average Bonchev–Trinajstić information content (AvgIpc) is 2.52. The molecule has 0 aliphatic rings. The quantitative estimate of drug-likeness (QED) is 0.881. The largest absolute Gasteiger partial charge is 0.449 e. The second-order valence-electron chi connectivity index (χ2n) is 5.03. The number of hydrogen-bond donors (Lipinski definition) is 1. The van der Waals surface area contributed by atoms with Crippen LogP contribution in [-0.4, -0.2) is 23.0 Å². The average molecular weight is 298 g/mol. The number of carbonyl (C=O) groups excluding carboxylic acids is 2. The molecule has 0 spiro atoms. The summed E-state index contributed by atoms with van der Waals surface area (Å²) in [5.41, 5.74) is 3.10. The molecule has 0 aliphatic heterocycles. The zero-order chi connectivity index (χ0) is 16.1. The number of rotatable bonds is 4. The molecule has 0 saturated heterocycles. The van der Waals surface area contributed by atoms with E-state index >= 15 is 0 Å². The lowest BCUT2D eigenvalue weighted by atomic mass is 10.1. The summed E-state index contributed by atoms with van der Waals surface area (Å²) in [5.74, 6) is -0.942. The minimum Gasteiger partial charge on any atom is -0.449 e. The van der Waals surface area contributed by atoms with Gasteiger partial charge in [0.1, 0.15) is 0 Å². The Bertz CT molecular complexity index is 684. The van der Waals surface area contributed by atoms with Gasteiger partial charge in [-0.15, -0.1) is 0 Å². The fourth-order valence-corrected chi connectivity index (χ4v) is 1.89. The highest BCUT2D eigenvalue weighted by molar-refractivity contribution is 5.97. The van der Waals surface area contributed by atoms with E-state index in [1.165, 1.54) is 13.1 Å². The smallest absolute Gasteiger partial charge is 0.340 e. The number of benzene rings is 1. The Kier molecular flexibility index (Phi) is 4.88. The first-order valence-corrected chi connectivity index (χ1v) is 6.97. The molecule has 5 heteroatoms. The number of anilines is 1. The summed E-state index contributed by atoms with van der Waals surface area (Å²) in [4.78, 5) is 27.9. The molecule has 1 unspecified atom stereocenters. The Morgan fingerprint density at radius 3 is 2.64 bits per heavy atom. The minimum absolute atomic E-state index is 0.314. The highest BCUT2D eigenvalue weighted by atomic mass is 16.5. The van der Waals surface area contributed by atoms with Crippen molar-refractivity contribution >= 4 is 17.6 Å². The van der Waals surface area contributed by atoms with Gasteiger partial charge in [-0.1, -0.05) is 12.1 Å². The van der Waals surface area contributed by atoms with Crippen LogP contribution in [0.25, 0.3) is 0 Å². The summed E-state index contributed by atoms with van der Waals surface area (Å²) in [6, 6.07) is 8.87. The van der Waals surface area contributed by atoms with Crippen molar-refractivity contribution in [2.24, 2.45) is 0 Å². The first kappa shape index (κ1) is 15.7. The molecule has 22 heavy (non-hydrogen) atoms. The lowest BCUT2D eigenvalue weighted by Gasteiger charge is -2.15. The molecule has 1 atom stereocenters. The summed E-state index contributed by atoms with van der Waals surface area (Å²) in [6.45, 7) is 5.43. The number of hydrogen-bond acceptors (Lipinski definition) is 4. The number of carbonyl (C=O) groups is 2. The maximum Gasteiger partial charge on any atom is 0.340 e. The highest BCUT2D eigenvalue weighted by Crippen LogP contribution is 2.18. The van der Waals surface area contributed by atoms with Crippen LogP contribution in [0, 0.1) is 13.8 Å². The molecule has 5 nitrogen and oxygen atoms in total. The normalized spacial score (nSPS) is 11.6. The van der Waals surface area contributed by atoms with Gasteiger partial charge < -0.3 is 10.1 Å². The van der Waals surface area contributed by atoms with E-state index in [0.29, 0.717) is 11.3 Å². The van der Waals surface area contributed by atoms with E-state index < -0.39 is 12.1 Å². The van der Waals surface area contributed by atoms with Gasteiger partial charge >= 0.3 is 5.97 Å². The van der Waals surface area contributed by atoms with Crippen molar-refractivity contribution in [1.29, 1.82) is 0 Å². The van der Waals surface area contributed by atoms with Gasteiger partial charge in [0, 0.05) is 18.1 Å². The second kappa shape index (κ2) is 6.85. The number of nitrogens with zero attached hydrogens (tertiary/aromatic N) is 1. The number of esters is 1. The van der Waals surface area contributed by atoms with Crippen molar-refractivity contribution in [1.82, 2.24) is 4.98 Å². The van der Waals surface area contributed by atoms with Crippen molar-refractivity contribution in [3.8, 4) is 0 Å². The molecule has 1 aromatic carbocycles. The Morgan fingerprint density at radius 1 is 1.18 bits per heavy atom. The molecule has 0 saturated carbocycles. The van der Waals surface area contributed by atoms with E-state index in [1.807, 2.05) is 32.0 Å². The number of pyridine rings is 1. The Hall–Kier alpha value is -2.69. The van der Waals surface area contributed by atoms with Crippen molar-refractivity contribution in [2.75, 3.05) is 5.32 Å². The SMILES string of the molecule is Cc1cccc(NC(=O)C(C)OC(=O)c2cccnc2)c1C. The molecular formula is C17H18N2O3. The zero-order valence-corrected chi connectivity index (χ0v) is 12.8. The molecule has 0 bridgehead atoms. The highest BCUT2D eigenvalue weighted by Gasteiger charge is 2.19. The van der Waals surface area contributed by atoms with Gasteiger partial charge in [0.05, 0.1) is 5.56 Å². The summed E-state index contributed by atoms with van der Waals surface area (Å²) >= 11 is 0. The number of amides is 1. The van der Waals surface area contributed by atoms with Crippen LogP contribution < -0.4 is 5.32 Å². The van der Waals surface area contributed by atoms with E-state index in [2.05, 4.69) is 10.3 Å². The fourth-order valence-electron chi connectivity index (χ4n) is 1.89. The molecule has 0 radical (unpaired) electrons. The molecule has 0 fully saturated rings. The molecule has 2 rings (SSSR count). The zero-order valence-electron chi connectivity index (χ0n) is 12.8. The maximum atomic E-state index is 12.1. The Balaban J connectivity index is 2.01. The predicted molar refractivity (Wildman–Crippen MR) is 83.7 cm³/mol. The number of nitrogens with one attached hydrogen (secondary N) is 1. The van der Waals surface area contributed by atoms with Gasteiger partial charge in [0.2, 0.25) is 0 Å². The Morgan fingerprint density at radius 2 is 1.95 bits per heavy atom. The third-order valence-corrected chi connectivity index (χ3v) is 3.41.